The van der Waals surface area contributed by atoms with Crippen LogP contribution in [0.3, 0.4) is 0 Å². The van der Waals surface area contributed by atoms with Gasteiger partial charge in [0, 0.05) is 17.1 Å². The molecule has 1 unspecified atom stereocenters. The van der Waals surface area contributed by atoms with Gasteiger partial charge in [-0.2, -0.15) is 0 Å². The van der Waals surface area contributed by atoms with Crippen molar-refractivity contribution in [1.82, 2.24) is 10.3 Å². The third kappa shape index (κ3) is 4.16. The molecular weight excluding hydrogens is 264 g/mol. The standard InChI is InChI=1S/C17H24N2O2/c1-17(13-20,18-2)10-3-4-12-21-16-9-5-8-15-14(16)7-6-11-19-15/h5-9,11,18,20H,3-4,10,12-13H2,1-2H3. The maximum absolute atomic E-state index is 9.34. The normalized spacial score (nSPS) is 14.0. The van der Waals surface area contributed by atoms with Gasteiger partial charge in [0.2, 0.25) is 0 Å². The van der Waals surface area contributed by atoms with Gasteiger partial charge in [-0.3, -0.25) is 4.98 Å². The highest BCUT2D eigenvalue weighted by Gasteiger charge is 2.19. The molecule has 114 valence electrons. The Labute approximate surface area is 126 Å². The van der Waals surface area contributed by atoms with Crippen LogP contribution in [0.4, 0.5) is 0 Å². The van der Waals surface area contributed by atoms with Crippen LogP contribution >= 0.6 is 0 Å². The van der Waals surface area contributed by atoms with Gasteiger partial charge < -0.3 is 15.2 Å². The first-order chi connectivity index (χ1) is 10.2. The van der Waals surface area contributed by atoms with E-state index < -0.39 is 0 Å². The fourth-order valence-corrected chi connectivity index (χ4v) is 2.28. The van der Waals surface area contributed by atoms with Gasteiger partial charge in [0.25, 0.3) is 0 Å². The summed E-state index contributed by atoms with van der Waals surface area (Å²) in [5.74, 6) is 0.888. The molecule has 0 amide bonds. The number of aliphatic hydroxyl groups excluding tert-OH is 1. The molecular formula is C17H24N2O2. The van der Waals surface area contributed by atoms with E-state index in [0.29, 0.717) is 6.61 Å². The van der Waals surface area contributed by atoms with E-state index in [1.54, 1.807) is 6.20 Å². The lowest BCUT2D eigenvalue weighted by Crippen LogP contribution is -2.43. The number of nitrogens with one attached hydrogen (secondary N) is 1. The van der Waals surface area contributed by atoms with E-state index in [-0.39, 0.29) is 12.1 Å². The van der Waals surface area contributed by atoms with Gasteiger partial charge in [-0.1, -0.05) is 6.07 Å². The molecule has 21 heavy (non-hydrogen) atoms. The van der Waals surface area contributed by atoms with Crippen LogP contribution in [0.2, 0.25) is 0 Å². The van der Waals surface area contributed by atoms with Gasteiger partial charge in [-0.25, -0.2) is 0 Å². The highest BCUT2D eigenvalue weighted by Crippen LogP contribution is 2.24. The first-order valence-electron chi connectivity index (χ1n) is 7.45. The number of rotatable bonds is 8. The molecule has 0 aliphatic carbocycles. The molecule has 0 saturated carbocycles. The molecule has 0 saturated heterocycles. The van der Waals surface area contributed by atoms with Crippen LogP contribution in [-0.4, -0.2) is 35.9 Å². The van der Waals surface area contributed by atoms with E-state index in [0.717, 1.165) is 35.9 Å². The van der Waals surface area contributed by atoms with E-state index in [4.69, 9.17) is 4.74 Å². The molecule has 2 rings (SSSR count). The van der Waals surface area contributed by atoms with Gasteiger partial charge >= 0.3 is 0 Å². The second-order valence-electron chi connectivity index (χ2n) is 5.60. The Bertz CT molecular complexity index is 562. The molecule has 4 nitrogen and oxygen atoms in total. The molecule has 0 bridgehead atoms. The van der Waals surface area contributed by atoms with Crippen molar-refractivity contribution in [3.05, 3.63) is 36.5 Å². The maximum atomic E-state index is 9.34. The summed E-state index contributed by atoms with van der Waals surface area (Å²) >= 11 is 0. The van der Waals surface area contributed by atoms with Crippen molar-refractivity contribution < 1.29 is 9.84 Å². The smallest absolute Gasteiger partial charge is 0.128 e. The summed E-state index contributed by atoms with van der Waals surface area (Å²) in [5, 5.41) is 13.6. The highest BCUT2D eigenvalue weighted by molar-refractivity contribution is 5.84. The molecule has 4 heteroatoms. The molecule has 2 N–H and O–H groups in total. The summed E-state index contributed by atoms with van der Waals surface area (Å²) in [6, 6.07) is 9.89. The molecule has 2 aromatic rings. The van der Waals surface area contributed by atoms with Crippen molar-refractivity contribution in [2.75, 3.05) is 20.3 Å². The largest absolute Gasteiger partial charge is 0.493 e. The molecule has 0 spiro atoms. The zero-order chi connectivity index (χ0) is 15.1. The van der Waals surface area contributed by atoms with E-state index in [1.165, 1.54) is 0 Å². The Morgan fingerprint density at radius 1 is 1.24 bits per heavy atom. The number of aromatic nitrogens is 1. The lowest BCUT2D eigenvalue weighted by molar-refractivity contribution is 0.168. The van der Waals surface area contributed by atoms with E-state index in [9.17, 15) is 5.11 Å². The summed E-state index contributed by atoms with van der Waals surface area (Å²) < 4.78 is 5.88. The number of unbranched alkanes of at least 4 members (excludes halogenated alkanes) is 1. The second-order valence-corrected chi connectivity index (χ2v) is 5.60. The molecule has 1 aromatic heterocycles. The second kappa shape index (κ2) is 7.38. The van der Waals surface area contributed by atoms with Crippen molar-refractivity contribution >= 4 is 10.9 Å². The predicted octanol–water partition coefficient (Wildman–Crippen LogP) is 2.75. The monoisotopic (exact) mass is 288 g/mol. The number of pyridine rings is 1. The quantitative estimate of drug-likeness (QED) is 0.733. The Balaban J connectivity index is 1.83. The summed E-state index contributed by atoms with van der Waals surface area (Å²) in [6.45, 7) is 2.86. The lowest BCUT2D eigenvalue weighted by atomic mass is 9.96. The first-order valence-corrected chi connectivity index (χ1v) is 7.45. The topological polar surface area (TPSA) is 54.4 Å². The molecule has 0 fully saturated rings. The minimum atomic E-state index is -0.191. The van der Waals surface area contributed by atoms with Crippen LogP contribution in [0.1, 0.15) is 26.2 Å². The summed E-state index contributed by atoms with van der Waals surface area (Å²) in [4.78, 5) is 4.32. The van der Waals surface area contributed by atoms with Gasteiger partial charge in [0.05, 0.1) is 18.7 Å². The molecule has 1 aromatic carbocycles. The maximum Gasteiger partial charge on any atom is 0.128 e. The highest BCUT2D eigenvalue weighted by atomic mass is 16.5. The number of benzene rings is 1. The Hall–Kier alpha value is -1.65. The van der Waals surface area contributed by atoms with E-state index >= 15 is 0 Å². The molecule has 0 radical (unpaired) electrons. The molecule has 0 aliphatic rings. The SMILES string of the molecule is CNC(C)(CO)CCCCOc1cccc2ncccc12. The fourth-order valence-electron chi connectivity index (χ4n) is 2.28. The van der Waals surface area contributed by atoms with Gasteiger partial charge in [0.15, 0.2) is 0 Å². The number of ether oxygens (including phenoxy) is 1. The van der Waals surface area contributed by atoms with E-state index in [2.05, 4.69) is 10.3 Å². The van der Waals surface area contributed by atoms with Crippen LogP contribution in [0.25, 0.3) is 10.9 Å². The summed E-state index contributed by atoms with van der Waals surface area (Å²) in [6.07, 6.45) is 4.70. The van der Waals surface area contributed by atoms with Gasteiger partial charge in [-0.15, -0.1) is 0 Å². The Morgan fingerprint density at radius 2 is 2.10 bits per heavy atom. The van der Waals surface area contributed by atoms with Crippen LogP contribution < -0.4 is 10.1 Å². The van der Waals surface area contributed by atoms with Crippen LogP contribution in [0.5, 0.6) is 5.75 Å². The number of hydrogen-bond acceptors (Lipinski definition) is 4. The van der Waals surface area contributed by atoms with Crippen molar-refractivity contribution in [1.29, 1.82) is 0 Å². The number of fused-ring (bicyclic) bond motifs is 1. The van der Waals surface area contributed by atoms with Crippen LogP contribution in [0.15, 0.2) is 36.5 Å². The van der Waals surface area contributed by atoms with E-state index in [1.807, 2.05) is 44.3 Å². The first kappa shape index (κ1) is 15.7. The third-order valence-corrected chi connectivity index (χ3v) is 3.94. The Kier molecular flexibility index (Phi) is 5.53. The number of aliphatic hydroxyl groups is 1. The van der Waals surface area contributed by atoms with Gasteiger partial charge in [0.1, 0.15) is 5.75 Å². The van der Waals surface area contributed by atoms with Gasteiger partial charge in [-0.05, 0) is 57.5 Å². The number of hydrogen-bond donors (Lipinski definition) is 2. The fraction of sp³-hybridized carbons (Fsp3) is 0.471. The van der Waals surface area contributed by atoms with Crippen molar-refractivity contribution in [2.45, 2.75) is 31.7 Å². The average Bonchev–Trinajstić information content (AvgIpc) is 2.54. The lowest BCUT2D eigenvalue weighted by Gasteiger charge is -2.26. The van der Waals surface area contributed by atoms with Crippen molar-refractivity contribution in [2.24, 2.45) is 0 Å². The third-order valence-electron chi connectivity index (χ3n) is 3.94. The van der Waals surface area contributed by atoms with Crippen molar-refractivity contribution in [3.63, 3.8) is 0 Å². The minimum absolute atomic E-state index is 0.152. The minimum Gasteiger partial charge on any atom is -0.493 e. The number of nitrogens with zero attached hydrogens (tertiary/aromatic N) is 1. The zero-order valence-electron chi connectivity index (χ0n) is 12.8. The van der Waals surface area contributed by atoms with Crippen molar-refractivity contribution in [3.8, 4) is 5.75 Å². The predicted molar refractivity (Wildman–Crippen MR) is 85.6 cm³/mol. The zero-order valence-corrected chi connectivity index (χ0v) is 12.8. The Morgan fingerprint density at radius 3 is 2.86 bits per heavy atom. The number of likely N-dealkylation sites (N-methyl/N-ethyl adjacent to an activating group) is 1. The summed E-state index contributed by atoms with van der Waals surface area (Å²) in [7, 11) is 1.88. The molecule has 1 atom stereocenters. The molecule has 0 aliphatic heterocycles. The molecule has 1 heterocycles. The average molecular weight is 288 g/mol. The van der Waals surface area contributed by atoms with Crippen LogP contribution in [0, 0.1) is 0 Å². The van der Waals surface area contributed by atoms with Crippen LogP contribution in [-0.2, 0) is 0 Å². The summed E-state index contributed by atoms with van der Waals surface area (Å²) in [5.41, 5.74) is 0.765.